The highest BCUT2D eigenvalue weighted by Gasteiger charge is 2.09. The third-order valence-corrected chi connectivity index (χ3v) is 3.11. The molecule has 0 spiro atoms. The summed E-state index contributed by atoms with van der Waals surface area (Å²) in [6.07, 6.45) is 0.789. The topological polar surface area (TPSA) is 134 Å². The second-order valence-corrected chi connectivity index (χ2v) is 5.30. The van der Waals surface area contributed by atoms with Gasteiger partial charge >= 0.3 is 5.97 Å². The number of amides is 2. The van der Waals surface area contributed by atoms with Gasteiger partial charge in [-0.25, -0.2) is 0 Å². The van der Waals surface area contributed by atoms with E-state index < -0.39 is 5.97 Å². The molecule has 9 heteroatoms. The summed E-state index contributed by atoms with van der Waals surface area (Å²) in [5.41, 5.74) is 0. The van der Waals surface area contributed by atoms with Crippen molar-refractivity contribution >= 4 is 17.8 Å². The standard InChI is InChI=1S/C17H24N2O7/c20-10-4-9-19-16(22)12-26-14-6-2-1-5-13(14)25-11-15(21)18-8-3-7-17(23)24/h1-2,5-6,20H,3-4,7-12H2,(H,18,21)(H,19,22)(H,23,24). The molecule has 0 aliphatic rings. The molecule has 1 aromatic carbocycles. The Kier molecular flexibility index (Phi) is 10.2. The van der Waals surface area contributed by atoms with Gasteiger partial charge in [-0.05, 0) is 25.0 Å². The normalized spacial score (nSPS) is 10.0. The maximum atomic E-state index is 11.7. The van der Waals surface area contributed by atoms with Gasteiger partial charge in [-0.1, -0.05) is 12.1 Å². The van der Waals surface area contributed by atoms with Crippen LogP contribution in [-0.2, 0) is 14.4 Å². The Morgan fingerprint density at radius 1 is 0.885 bits per heavy atom. The van der Waals surface area contributed by atoms with Crippen molar-refractivity contribution in [2.45, 2.75) is 19.3 Å². The smallest absolute Gasteiger partial charge is 0.303 e. The van der Waals surface area contributed by atoms with Crippen molar-refractivity contribution in [2.24, 2.45) is 0 Å². The molecule has 1 rings (SSSR count). The van der Waals surface area contributed by atoms with Gasteiger partial charge in [0.2, 0.25) is 0 Å². The van der Waals surface area contributed by atoms with Crippen LogP contribution in [0, 0.1) is 0 Å². The van der Waals surface area contributed by atoms with Gasteiger partial charge in [0.1, 0.15) is 0 Å². The molecular weight excluding hydrogens is 344 g/mol. The number of carboxylic acid groups (broad SMARTS) is 1. The number of carboxylic acids is 1. The number of aliphatic hydroxyl groups is 1. The Morgan fingerprint density at radius 2 is 1.38 bits per heavy atom. The van der Waals surface area contributed by atoms with Gasteiger partial charge in [-0.2, -0.15) is 0 Å². The highest BCUT2D eigenvalue weighted by molar-refractivity contribution is 5.78. The molecule has 0 bridgehead atoms. The Labute approximate surface area is 151 Å². The van der Waals surface area contributed by atoms with Crippen LogP contribution in [0.4, 0.5) is 0 Å². The van der Waals surface area contributed by atoms with Crippen molar-refractivity contribution in [3.8, 4) is 11.5 Å². The van der Waals surface area contributed by atoms with Crippen molar-refractivity contribution < 1.29 is 34.1 Å². The largest absolute Gasteiger partial charge is 0.481 e. The molecule has 0 saturated heterocycles. The van der Waals surface area contributed by atoms with Crippen molar-refractivity contribution in [3.63, 3.8) is 0 Å². The fourth-order valence-corrected chi connectivity index (χ4v) is 1.85. The van der Waals surface area contributed by atoms with E-state index in [2.05, 4.69) is 10.6 Å². The number of carbonyl (C=O) groups is 3. The summed E-state index contributed by atoms with van der Waals surface area (Å²) >= 11 is 0. The van der Waals surface area contributed by atoms with Crippen LogP contribution in [0.15, 0.2) is 24.3 Å². The van der Waals surface area contributed by atoms with Crippen LogP contribution < -0.4 is 20.1 Å². The zero-order valence-corrected chi connectivity index (χ0v) is 14.4. The molecule has 2 amide bonds. The van der Waals surface area contributed by atoms with E-state index in [4.69, 9.17) is 19.7 Å². The summed E-state index contributed by atoms with van der Waals surface area (Å²) in [6, 6.07) is 6.63. The SMILES string of the molecule is O=C(O)CCCNC(=O)COc1ccccc1OCC(=O)NCCCO. The molecule has 9 nitrogen and oxygen atoms in total. The molecule has 0 aliphatic carbocycles. The molecule has 26 heavy (non-hydrogen) atoms. The lowest BCUT2D eigenvalue weighted by atomic mass is 10.3. The first-order chi connectivity index (χ1) is 12.5. The molecule has 0 saturated carbocycles. The van der Waals surface area contributed by atoms with Gasteiger partial charge in [0.25, 0.3) is 11.8 Å². The number of ether oxygens (including phenoxy) is 2. The second-order valence-electron chi connectivity index (χ2n) is 5.30. The average Bonchev–Trinajstić information content (AvgIpc) is 2.62. The Morgan fingerprint density at radius 3 is 1.85 bits per heavy atom. The van der Waals surface area contributed by atoms with Crippen molar-refractivity contribution in [1.29, 1.82) is 0 Å². The third kappa shape index (κ3) is 9.48. The summed E-state index contributed by atoms with van der Waals surface area (Å²) in [6.45, 7) is 0.138. The molecule has 0 heterocycles. The summed E-state index contributed by atoms with van der Waals surface area (Å²) in [5, 5.41) is 22.3. The number of benzene rings is 1. The van der Waals surface area contributed by atoms with Crippen LogP contribution in [0.5, 0.6) is 11.5 Å². The molecule has 0 aliphatic heterocycles. The minimum atomic E-state index is -0.915. The number of aliphatic carboxylic acids is 1. The van der Waals surface area contributed by atoms with Gasteiger partial charge in [-0.15, -0.1) is 0 Å². The first kappa shape index (κ1) is 21.2. The Hall–Kier alpha value is -2.81. The summed E-state index contributed by atoms with van der Waals surface area (Å²) < 4.78 is 10.8. The Bertz CT molecular complexity index is 592. The molecule has 144 valence electrons. The quantitative estimate of drug-likeness (QED) is 0.358. The van der Waals surface area contributed by atoms with Crippen LogP contribution in [0.1, 0.15) is 19.3 Å². The van der Waals surface area contributed by atoms with E-state index in [9.17, 15) is 14.4 Å². The molecule has 0 aromatic heterocycles. The van der Waals surface area contributed by atoms with Crippen molar-refractivity contribution in [1.82, 2.24) is 10.6 Å². The summed E-state index contributed by atoms with van der Waals surface area (Å²) in [4.78, 5) is 33.7. The first-order valence-electron chi connectivity index (χ1n) is 8.23. The zero-order valence-electron chi connectivity index (χ0n) is 14.4. The van der Waals surface area contributed by atoms with Crippen LogP contribution in [0.3, 0.4) is 0 Å². The van der Waals surface area contributed by atoms with Gasteiger partial charge in [0.05, 0.1) is 0 Å². The van der Waals surface area contributed by atoms with E-state index in [1.807, 2.05) is 0 Å². The van der Waals surface area contributed by atoms with Crippen molar-refractivity contribution in [2.75, 3.05) is 32.9 Å². The van der Waals surface area contributed by atoms with Crippen LogP contribution in [0.2, 0.25) is 0 Å². The number of aliphatic hydroxyl groups excluding tert-OH is 1. The fourth-order valence-electron chi connectivity index (χ4n) is 1.85. The van der Waals surface area contributed by atoms with Gasteiger partial charge in [0.15, 0.2) is 24.7 Å². The van der Waals surface area contributed by atoms with E-state index in [1.165, 1.54) is 0 Å². The van der Waals surface area contributed by atoms with Crippen molar-refractivity contribution in [3.05, 3.63) is 24.3 Å². The van der Waals surface area contributed by atoms with Crippen LogP contribution in [-0.4, -0.2) is 60.9 Å². The molecule has 0 fully saturated rings. The molecule has 0 unspecified atom stereocenters. The lowest BCUT2D eigenvalue weighted by Crippen LogP contribution is -2.31. The van der Waals surface area contributed by atoms with Gasteiger partial charge in [-0.3, -0.25) is 14.4 Å². The van der Waals surface area contributed by atoms with Crippen LogP contribution >= 0.6 is 0 Å². The van der Waals surface area contributed by atoms with Gasteiger partial charge < -0.3 is 30.3 Å². The highest BCUT2D eigenvalue weighted by atomic mass is 16.5. The number of rotatable bonds is 13. The van der Waals surface area contributed by atoms with Gasteiger partial charge in [0, 0.05) is 26.1 Å². The lowest BCUT2D eigenvalue weighted by Gasteiger charge is -2.12. The van der Waals surface area contributed by atoms with E-state index in [1.54, 1.807) is 24.3 Å². The van der Waals surface area contributed by atoms with Crippen LogP contribution in [0.25, 0.3) is 0 Å². The number of hydrogen-bond acceptors (Lipinski definition) is 6. The molecule has 1 aromatic rings. The molecule has 0 atom stereocenters. The monoisotopic (exact) mass is 368 g/mol. The summed E-state index contributed by atoms with van der Waals surface area (Å²) in [5.74, 6) is -0.988. The first-order valence-corrected chi connectivity index (χ1v) is 8.23. The predicted molar refractivity (Wildman–Crippen MR) is 92.0 cm³/mol. The summed E-state index contributed by atoms with van der Waals surface area (Å²) in [7, 11) is 0. The second kappa shape index (κ2) is 12.5. The molecule has 0 radical (unpaired) electrons. The molecule has 4 N–H and O–H groups in total. The van der Waals surface area contributed by atoms with E-state index in [-0.39, 0.29) is 44.6 Å². The van der Waals surface area contributed by atoms with E-state index in [0.29, 0.717) is 30.9 Å². The van der Waals surface area contributed by atoms with E-state index in [0.717, 1.165) is 0 Å². The maximum absolute atomic E-state index is 11.7. The zero-order chi connectivity index (χ0) is 19.2. The predicted octanol–water partition coefficient (Wildman–Crippen LogP) is -0.0762. The number of para-hydroxylation sites is 2. The minimum Gasteiger partial charge on any atom is -0.481 e. The fraction of sp³-hybridized carbons (Fsp3) is 0.471. The maximum Gasteiger partial charge on any atom is 0.303 e. The average molecular weight is 368 g/mol. The minimum absolute atomic E-state index is 0.00379. The van der Waals surface area contributed by atoms with E-state index >= 15 is 0 Å². The Balaban J connectivity index is 2.37. The lowest BCUT2D eigenvalue weighted by molar-refractivity contribution is -0.137. The highest BCUT2D eigenvalue weighted by Crippen LogP contribution is 2.26. The third-order valence-electron chi connectivity index (χ3n) is 3.11. The number of nitrogens with one attached hydrogen (secondary N) is 2. The number of carbonyl (C=O) groups excluding carboxylic acids is 2. The number of hydrogen-bond donors (Lipinski definition) is 4. The molecular formula is C17H24N2O7.